The van der Waals surface area contributed by atoms with E-state index < -0.39 is 11.5 Å². The number of carboxylic acids is 1. The van der Waals surface area contributed by atoms with Gasteiger partial charge in [0.1, 0.15) is 0 Å². The predicted octanol–water partition coefficient (Wildman–Crippen LogP) is 0.703. The highest BCUT2D eigenvalue weighted by Gasteiger charge is 2.41. The second-order valence-corrected chi connectivity index (χ2v) is 4.18. The summed E-state index contributed by atoms with van der Waals surface area (Å²) in [5.41, 5.74) is 0.246. The summed E-state index contributed by atoms with van der Waals surface area (Å²) in [6.07, 6.45) is 2.20. The highest BCUT2D eigenvalue weighted by Crippen LogP contribution is 2.21. The molecule has 0 aromatic carbocycles. The zero-order valence-electron chi connectivity index (χ0n) is 9.58. The van der Waals surface area contributed by atoms with Gasteiger partial charge in [-0.2, -0.15) is 0 Å². The Morgan fingerprint density at radius 3 is 2.50 bits per heavy atom. The smallest absolute Gasteiger partial charge is 0.305 e. The average molecular weight is 227 g/mol. The van der Waals surface area contributed by atoms with Crippen molar-refractivity contribution in [2.45, 2.75) is 32.2 Å². The predicted molar refractivity (Wildman–Crippen MR) is 58.0 cm³/mol. The van der Waals surface area contributed by atoms with Crippen molar-refractivity contribution in [1.29, 1.82) is 0 Å². The van der Waals surface area contributed by atoms with Crippen LogP contribution in [0.15, 0.2) is 11.6 Å². The van der Waals surface area contributed by atoms with E-state index in [4.69, 9.17) is 9.84 Å². The van der Waals surface area contributed by atoms with E-state index in [1.165, 1.54) is 6.08 Å². The lowest BCUT2D eigenvalue weighted by molar-refractivity contribution is -0.148. The van der Waals surface area contributed by atoms with Crippen LogP contribution in [0.5, 0.6) is 0 Å². The van der Waals surface area contributed by atoms with E-state index in [1.54, 1.807) is 0 Å². The van der Waals surface area contributed by atoms with Crippen LogP contribution in [0.1, 0.15) is 26.7 Å². The summed E-state index contributed by atoms with van der Waals surface area (Å²) in [6.45, 7) is 4.35. The third kappa shape index (κ3) is 3.34. The molecule has 0 spiro atoms. The van der Waals surface area contributed by atoms with Crippen LogP contribution in [0, 0.1) is 0 Å². The summed E-state index contributed by atoms with van der Waals surface area (Å²) in [6, 6.07) is 0. The van der Waals surface area contributed by atoms with E-state index in [-0.39, 0.29) is 25.5 Å². The molecular formula is C11H17NO4. The Labute approximate surface area is 94.5 Å². The van der Waals surface area contributed by atoms with E-state index in [9.17, 15) is 9.59 Å². The number of carboxylic acid groups (broad SMARTS) is 1. The van der Waals surface area contributed by atoms with Gasteiger partial charge in [-0.1, -0.05) is 12.5 Å². The summed E-state index contributed by atoms with van der Waals surface area (Å²) >= 11 is 0. The topological polar surface area (TPSA) is 75.6 Å². The molecule has 0 atom stereocenters. The fourth-order valence-electron chi connectivity index (χ4n) is 1.48. The molecule has 90 valence electrons. The van der Waals surface area contributed by atoms with Crippen LogP contribution in [0.2, 0.25) is 0 Å². The van der Waals surface area contributed by atoms with Crippen molar-refractivity contribution in [1.82, 2.24) is 5.32 Å². The largest absolute Gasteiger partial charge is 0.481 e. The van der Waals surface area contributed by atoms with Gasteiger partial charge in [-0.25, -0.2) is 0 Å². The maximum absolute atomic E-state index is 11.6. The minimum Gasteiger partial charge on any atom is -0.481 e. The van der Waals surface area contributed by atoms with Crippen LogP contribution in [0.4, 0.5) is 0 Å². The zero-order valence-corrected chi connectivity index (χ0v) is 9.58. The van der Waals surface area contributed by atoms with Gasteiger partial charge in [0.05, 0.1) is 25.2 Å². The van der Waals surface area contributed by atoms with E-state index in [0.717, 1.165) is 12.0 Å². The molecule has 0 aromatic heterocycles. The summed E-state index contributed by atoms with van der Waals surface area (Å²) in [5.74, 6) is -1.18. The van der Waals surface area contributed by atoms with Crippen LogP contribution < -0.4 is 5.32 Å². The van der Waals surface area contributed by atoms with E-state index >= 15 is 0 Å². The molecule has 16 heavy (non-hydrogen) atoms. The molecule has 1 saturated heterocycles. The molecule has 0 aliphatic carbocycles. The standard InChI is InChI=1S/C11H17NO4/c1-3-8(2)4-9(13)12-11(5-10(14)15)6-16-7-11/h4H,3,5-7H2,1-2H3,(H,12,13)(H,14,15). The Morgan fingerprint density at radius 1 is 1.50 bits per heavy atom. The highest BCUT2D eigenvalue weighted by atomic mass is 16.5. The molecule has 0 saturated carbocycles. The lowest BCUT2D eigenvalue weighted by atomic mass is 9.93. The number of hydrogen-bond donors (Lipinski definition) is 2. The number of amides is 1. The summed E-state index contributed by atoms with van der Waals surface area (Å²) in [4.78, 5) is 22.2. The fraction of sp³-hybridized carbons (Fsp3) is 0.636. The summed E-state index contributed by atoms with van der Waals surface area (Å²) in [5, 5.41) is 11.4. The zero-order chi connectivity index (χ0) is 12.2. The Kier molecular flexibility index (Phi) is 4.06. The highest BCUT2D eigenvalue weighted by molar-refractivity contribution is 5.89. The number of ether oxygens (including phenoxy) is 1. The van der Waals surface area contributed by atoms with E-state index in [2.05, 4.69) is 5.32 Å². The van der Waals surface area contributed by atoms with Crippen molar-refractivity contribution in [2.75, 3.05) is 13.2 Å². The third-order valence-electron chi connectivity index (χ3n) is 2.57. The first-order valence-corrected chi connectivity index (χ1v) is 5.26. The van der Waals surface area contributed by atoms with Gasteiger partial charge >= 0.3 is 5.97 Å². The fourth-order valence-corrected chi connectivity index (χ4v) is 1.48. The molecule has 1 rings (SSSR count). The van der Waals surface area contributed by atoms with Crippen molar-refractivity contribution in [3.63, 3.8) is 0 Å². The van der Waals surface area contributed by atoms with Crippen LogP contribution in [-0.4, -0.2) is 35.7 Å². The normalized spacial score (nSPS) is 18.8. The maximum Gasteiger partial charge on any atom is 0.305 e. The summed E-state index contributed by atoms with van der Waals surface area (Å²) < 4.78 is 4.97. The van der Waals surface area contributed by atoms with Gasteiger partial charge in [0.2, 0.25) is 5.91 Å². The van der Waals surface area contributed by atoms with Crippen molar-refractivity contribution in [3.8, 4) is 0 Å². The second-order valence-electron chi connectivity index (χ2n) is 4.18. The van der Waals surface area contributed by atoms with Gasteiger partial charge in [0.25, 0.3) is 0 Å². The first kappa shape index (κ1) is 12.7. The minimum atomic E-state index is -0.931. The van der Waals surface area contributed by atoms with Gasteiger partial charge < -0.3 is 15.2 Å². The van der Waals surface area contributed by atoms with Crippen LogP contribution in [-0.2, 0) is 14.3 Å². The molecule has 1 aliphatic heterocycles. The number of allylic oxidation sites excluding steroid dienone is 1. The number of hydrogen-bond acceptors (Lipinski definition) is 3. The van der Waals surface area contributed by atoms with Crippen LogP contribution >= 0.6 is 0 Å². The van der Waals surface area contributed by atoms with Gasteiger partial charge in [0, 0.05) is 6.08 Å². The van der Waals surface area contributed by atoms with Crippen LogP contribution in [0.3, 0.4) is 0 Å². The first-order valence-electron chi connectivity index (χ1n) is 5.26. The van der Waals surface area contributed by atoms with Gasteiger partial charge in [-0.05, 0) is 13.3 Å². The Hall–Kier alpha value is -1.36. The van der Waals surface area contributed by atoms with Crippen LogP contribution in [0.25, 0.3) is 0 Å². The molecule has 1 amide bonds. The number of carbonyl (C=O) groups is 2. The molecule has 5 nitrogen and oxygen atoms in total. The second kappa shape index (κ2) is 5.12. The molecule has 1 fully saturated rings. The van der Waals surface area contributed by atoms with Crippen molar-refractivity contribution in [3.05, 3.63) is 11.6 Å². The van der Waals surface area contributed by atoms with Crippen molar-refractivity contribution < 1.29 is 19.4 Å². The third-order valence-corrected chi connectivity index (χ3v) is 2.57. The number of nitrogens with one attached hydrogen (secondary N) is 1. The van der Waals surface area contributed by atoms with Crippen molar-refractivity contribution in [2.24, 2.45) is 0 Å². The Balaban J connectivity index is 2.57. The molecular weight excluding hydrogens is 210 g/mol. The molecule has 2 N–H and O–H groups in total. The number of aliphatic carboxylic acids is 1. The average Bonchev–Trinajstić information content (AvgIpc) is 2.13. The monoisotopic (exact) mass is 227 g/mol. The maximum atomic E-state index is 11.6. The molecule has 1 heterocycles. The van der Waals surface area contributed by atoms with E-state index in [1.807, 2.05) is 13.8 Å². The SMILES string of the molecule is CCC(C)=CC(=O)NC1(CC(=O)O)COC1. The van der Waals surface area contributed by atoms with Gasteiger partial charge in [-0.15, -0.1) is 0 Å². The minimum absolute atomic E-state index is 0.0995. The van der Waals surface area contributed by atoms with E-state index in [0.29, 0.717) is 0 Å². The number of rotatable bonds is 5. The lowest BCUT2D eigenvalue weighted by Gasteiger charge is -2.40. The molecule has 0 unspecified atom stereocenters. The molecule has 0 radical (unpaired) electrons. The molecule has 5 heteroatoms. The van der Waals surface area contributed by atoms with Gasteiger partial charge in [-0.3, -0.25) is 9.59 Å². The molecule has 0 aromatic rings. The number of carbonyl (C=O) groups excluding carboxylic acids is 1. The quantitative estimate of drug-likeness (QED) is 0.678. The first-order chi connectivity index (χ1) is 7.47. The Morgan fingerprint density at radius 2 is 2.12 bits per heavy atom. The Bertz CT molecular complexity index is 318. The lowest BCUT2D eigenvalue weighted by Crippen LogP contribution is -2.62. The summed E-state index contributed by atoms with van der Waals surface area (Å²) in [7, 11) is 0. The van der Waals surface area contributed by atoms with Gasteiger partial charge in [0.15, 0.2) is 0 Å². The molecule has 1 aliphatic rings. The molecule has 0 bridgehead atoms. The van der Waals surface area contributed by atoms with Crippen molar-refractivity contribution >= 4 is 11.9 Å².